The Morgan fingerprint density at radius 3 is 2.00 bits per heavy atom. The van der Waals surface area contributed by atoms with E-state index in [0.29, 0.717) is 37.1 Å². The van der Waals surface area contributed by atoms with Gasteiger partial charge in [-0.25, -0.2) is 4.79 Å². The van der Waals surface area contributed by atoms with Gasteiger partial charge in [-0.1, -0.05) is 91.0 Å². The number of ether oxygens (including phenoxy) is 2. The Balaban J connectivity index is 1.64. The van der Waals surface area contributed by atoms with E-state index in [4.69, 9.17) is 9.47 Å². The number of carbonyl (C=O) groups is 2. The second-order valence-corrected chi connectivity index (χ2v) is 10.9. The van der Waals surface area contributed by atoms with Gasteiger partial charge in [0.1, 0.15) is 17.2 Å². The summed E-state index contributed by atoms with van der Waals surface area (Å²) in [4.78, 5) is 28.1. The Morgan fingerprint density at radius 2 is 1.46 bits per heavy atom. The highest BCUT2D eigenvalue weighted by atomic mass is 16.6. The number of rotatable bonds is 9. The Morgan fingerprint density at radius 1 is 0.923 bits per heavy atom. The third-order valence-electron chi connectivity index (χ3n) is 6.83. The van der Waals surface area contributed by atoms with Gasteiger partial charge < -0.3 is 19.9 Å². The number of nitrogens with one attached hydrogen (secondary N) is 1. The summed E-state index contributed by atoms with van der Waals surface area (Å²) in [7, 11) is 0. The molecule has 0 unspecified atom stereocenters. The van der Waals surface area contributed by atoms with Crippen LogP contribution in [0.4, 0.5) is 4.79 Å². The smallest absolute Gasteiger partial charge is 0.410 e. The van der Waals surface area contributed by atoms with Crippen LogP contribution in [-0.4, -0.2) is 52.8 Å². The maximum atomic E-state index is 13.8. The topological polar surface area (TPSA) is 88.1 Å². The summed E-state index contributed by atoms with van der Waals surface area (Å²) in [5.41, 5.74) is -0.0301. The van der Waals surface area contributed by atoms with E-state index in [1.165, 1.54) is 4.90 Å². The van der Waals surface area contributed by atoms with Gasteiger partial charge in [0, 0.05) is 6.54 Å². The first-order chi connectivity index (χ1) is 18.7. The Kier molecular flexibility index (Phi) is 9.04. The second-order valence-electron chi connectivity index (χ2n) is 10.9. The number of likely N-dealkylation sites (tertiary alicyclic amines) is 1. The van der Waals surface area contributed by atoms with Crippen molar-refractivity contribution in [3.8, 4) is 0 Å². The van der Waals surface area contributed by atoms with Gasteiger partial charge in [-0.15, -0.1) is 0 Å². The van der Waals surface area contributed by atoms with Crippen molar-refractivity contribution in [3.05, 3.63) is 108 Å². The first-order valence-corrected chi connectivity index (χ1v) is 13.4. The summed E-state index contributed by atoms with van der Waals surface area (Å²) in [6, 6.07) is 26.7. The Bertz CT molecular complexity index is 1170. The highest BCUT2D eigenvalue weighted by molar-refractivity contribution is 5.86. The van der Waals surface area contributed by atoms with E-state index in [0.717, 1.165) is 5.56 Å². The minimum atomic E-state index is -1.59. The average Bonchev–Trinajstić information content (AvgIpc) is 3.43. The molecule has 0 radical (unpaired) electrons. The highest BCUT2D eigenvalue weighted by Gasteiger charge is 2.44. The SMILES string of the molecule is CC(C)(C)OC(=O)N1CCC[C@H]1C(=O)N[C@@H](COCc1ccccc1)C(O)(c1ccccc1)c1ccccc1. The van der Waals surface area contributed by atoms with E-state index in [-0.39, 0.29) is 12.5 Å². The fraction of sp³-hybridized carbons (Fsp3) is 0.375. The number of amides is 2. The Hall–Kier alpha value is -3.68. The van der Waals surface area contributed by atoms with Crippen LogP contribution in [0, 0.1) is 0 Å². The van der Waals surface area contributed by atoms with Crippen LogP contribution in [0.3, 0.4) is 0 Å². The summed E-state index contributed by atoms with van der Waals surface area (Å²) in [6.45, 7) is 6.20. The lowest BCUT2D eigenvalue weighted by Gasteiger charge is -2.38. The average molecular weight is 531 g/mol. The lowest BCUT2D eigenvalue weighted by atomic mass is 9.80. The summed E-state index contributed by atoms with van der Waals surface area (Å²) in [5.74, 6) is -0.350. The van der Waals surface area contributed by atoms with E-state index in [1.807, 2.05) is 91.0 Å². The number of aliphatic hydroxyl groups is 1. The van der Waals surface area contributed by atoms with Crippen molar-refractivity contribution < 1.29 is 24.2 Å². The van der Waals surface area contributed by atoms with Crippen LogP contribution in [0.25, 0.3) is 0 Å². The first-order valence-electron chi connectivity index (χ1n) is 13.4. The fourth-order valence-electron chi connectivity index (χ4n) is 4.94. The van der Waals surface area contributed by atoms with Crippen LogP contribution in [0.1, 0.15) is 50.3 Å². The molecule has 39 heavy (non-hydrogen) atoms. The Labute approximate surface area is 230 Å². The van der Waals surface area contributed by atoms with Crippen LogP contribution in [-0.2, 0) is 26.5 Å². The maximum Gasteiger partial charge on any atom is 0.410 e. The van der Waals surface area contributed by atoms with Crippen LogP contribution < -0.4 is 5.32 Å². The molecule has 2 atom stereocenters. The molecule has 0 bridgehead atoms. The summed E-state index contributed by atoms with van der Waals surface area (Å²) in [6.07, 6.45) is 0.685. The van der Waals surface area contributed by atoms with E-state index in [2.05, 4.69) is 5.32 Å². The van der Waals surface area contributed by atoms with Crippen LogP contribution >= 0.6 is 0 Å². The molecule has 3 aromatic rings. The molecule has 0 aliphatic carbocycles. The molecule has 2 N–H and O–H groups in total. The molecule has 1 aliphatic rings. The van der Waals surface area contributed by atoms with Crippen LogP contribution in [0.2, 0.25) is 0 Å². The van der Waals surface area contributed by atoms with E-state index < -0.39 is 29.4 Å². The molecule has 0 saturated carbocycles. The number of benzene rings is 3. The molecule has 206 valence electrons. The third-order valence-corrected chi connectivity index (χ3v) is 6.83. The van der Waals surface area contributed by atoms with Gasteiger partial charge in [0.05, 0.1) is 19.3 Å². The molecule has 1 saturated heterocycles. The minimum absolute atomic E-state index is 0.0417. The molecule has 1 aliphatic heterocycles. The monoisotopic (exact) mass is 530 g/mol. The normalized spacial score (nSPS) is 16.5. The van der Waals surface area contributed by atoms with Gasteiger partial charge >= 0.3 is 6.09 Å². The zero-order valence-electron chi connectivity index (χ0n) is 22.9. The summed E-state index contributed by atoms with van der Waals surface area (Å²) >= 11 is 0. The van der Waals surface area contributed by atoms with Gasteiger partial charge in [0.25, 0.3) is 0 Å². The van der Waals surface area contributed by atoms with Crippen LogP contribution in [0.15, 0.2) is 91.0 Å². The van der Waals surface area contributed by atoms with Gasteiger partial charge in [0.15, 0.2) is 0 Å². The zero-order valence-corrected chi connectivity index (χ0v) is 22.9. The number of hydrogen-bond donors (Lipinski definition) is 2. The molecule has 7 heteroatoms. The predicted molar refractivity (Wildman–Crippen MR) is 150 cm³/mol. The third kappa shape index (κ3) is 7.05. The van der Waals surface area contributed by atoms with E-state index >= 15 is 0 Å². The molecule has 3 aromatic carbocycles. The standard InChI is InChI=1S/C32H38N2O5/c1-31(2,3)39-30(36)34-21-13-20-27(34)29(35)33-28(23-38-22-24-14-7-4-8-15-24)32(37,25-16-9-5-10-17-25)26-18-11-6-12-19-26/h4-12,14-19,27-28,37H,13,20-23H2,1-3H3,(H,33,35)/t27-,28-/m0/s1. The van der Waals surface area contributed by atoms with E-state index in [1.54, 1.807) is 20.8 Å². The van der Waals surface area contributed by atoms with Crippen molar-refractivity contribution in [3.63, 3.8) is 0 Å². The maximum absolute atomic E-state index is 13.8. The fourth-order valence-corrected chi connectivity index (χ4v) is 4.94. The number of hydrogen-bond acceptors (Lipinski definition) is 5. The lowest BCUT2D eigenvalue weighted by Crippen LogP contribution is -2.58. The zero-order chi connectivity index (χ0) is 27.9. The van der Waals surface area contributed by atoms with Crippen LogP contribution in [0.5, 0.6) is 0 Å². The minimum Gasteiger partial charge on any atom is -0.444 e. The van der Waals surface area contributed by atoms with Gasteiger partial charge in [0.2, 0.25) is 5.91 Å². The first kappa shape index (κ1) is 28.3. The van der Waals surface area contributed by atoms with Gasteiger partial charge in [-0.05, 0) is 50.3 Å². The molecular formula is C32H38N2O5. The molecule has 2 amide bonds. The molecule has 0 aromatic heterocycles. The molecule has 1 heterocycles. The number of nitrogens with zero attached hydrogens (tertiary/aromatic N) is 1. The van der Waals surface area contributed by atoms with Crippen molar-refractivity contribution in [2.24, 2.45) is 0 Å². The molecular weight excluding hydrogens is 492 g/mol. The summed E-state index contributed by atoms with van der Waals surface area (Å²) < 4.78 is 11.7. The van der Waals surface area contributed by atoms with E-state index in [9.17, 15) is 14.7 Å². The van der Waals surface area contributed by atoms with Crippen molar-refractivity contribution in [1.29, 1.82) is 0 Å². The number of carbonyl (C=O) groups excluding carboxylic acids is 2. The molecule has 0 spiro atoms. The predicted octanol–water partition coefficient (Wildman–Crippen LogP) is 5.02. The quantitative estimate of drug-likeness (QED) is 0.406. The summed E-state index contributed by atoms with van der Waals surface area (Å²) in [5, 5.41) is 15.5. The van der Waals surface area contributed by atoms with Crippen molar-refractivity contribution in [2.75, 3.05) is 13.2 Å². The van der Waals surface area contributed by atoms with Gasteiger partial charge in [-0.2, -0.15) is 0 Å². The largest absolute Gasteiger partial charge is 0.444 e. The highest BCUT2D eigenvalue weighted by Crippen LogP contribution is 2.34. The molecule has 7 nitrogen and oxygen atoms in total. The van der Waals surface area contributed by atoms with Crippen molar-refractivity contribution in [2.45, 2.75) is 63.5 Å². The molecule has 1 fully saturated rings. The lowest BCUT2D eigenvalue weighted by molar-refractivity contribution is -0.129. The van der Waals surface area contributed by atoms with Crippen molar-refractivity contribution in [1.82, 2.24) is 10.2 Å². The van der Waals surface area contributed by atoms with Gasteiger partial charge in [-0.3, -0.25) is 9.69 Å². The second kappa shape index (κ2) is 12.5. The van der Waals surface area contributed by atoms with Crippen molar-refractivity contribution >= 4 is 12.0 Å². The molecule has 4 rings (SSSR count).